The van der Waals surface area contributed by atoms with E-state index in [1.54, 1.807) is 13.2 Å². The number of carbonyl (C=O) groups excluding carboxylic acids is 2. The van der Waals surface area contributed by atoms with Crippen LogP contribution < -0.4 is 5.32 Å². The lowest BCUT2D eigenvalue weighted by molar-refractivity contribution is 0.0593. The van der Waals surface area contributed by atoms with E-state index in [2.05, 4.69) is 15.0 Å². The van der Waals surface area contributed by atoms with Crippen LogP contribution in [0.2, 0.25) is 0 Å². The number of hydrogen-bond acceptors (Lipinski definition) is 6. The number of nitrogens with zero attached hydrogens (tertiary/aromatic N) is 1. The van der Waals surface area contributed by atoms with Crippen LogP contribution in [0.5, 0.6) is 0 Å². The van der Waals surface area contributed by atoms with E-state index in [0.717, 1.165) is 30.4 Å². The molecule has 22 heavy (non-hydrogen) atoms. The van der Waals surface area contributed by atoms with Crippen LogP contribution in [0.3, 0.4) is 0 Å². The van der Waals surface area contributed by atoms with Crippen molar-refractivity contribution in [3.63, 3.8) is 0 Å². The van der Waals surface area contributed by atoms with Gasteiger partial charge in [-0.2, -0.15) is 0 Å². The Labute approximate surface area is 129 Å². The van der Waals surface area contributed by atoms with Crippen molar-refractivity contribution in [1.82, 2.24) is 10.3 Å². The smallest absolute Gasteiger partial charge is 0.407 e. The number of pyridine rings is 1. The Bertz CT molecular complexity index is 573. The molecule has 0 radical (unpaired) electrons. The summed E-state index contributed by atoms with van der Waals surface area (Å²) >= 11 is 0. The Morgan fingerprint density at radius 1 is 1.32 bits per heavy atom. The maximum atomic E-state index is 11.8. The van der Waals surface area contributed by atoms with Crippen molar-refractivity contribution < 1.29 is 23.8 Å². The molecule has 1 aliphatic carbocycles. The van der Waals surface area contributed by atoms with E-state index < -0.39 is 12.1 Å². The summed E-state index contributed by atoms with van der Waals surface area (Å²) in [6, 6.07) is 1.41. The molecule has 0 saturated carbocycles. The van der Waals surface area contributed by atoms with Gasteiger partial charge in [0.25, 0.3) is 0 Å². The van der Waals surface area contributed by atoms with Gasteiger partial charge in [-0.3, -0.25) is 0 Å². The number of rotatable bonds is 4. The van der Waals surface area contributed by atoms with Crippen molar-refractivity contribution in [2.24, 2.45) is 0 Å². The Balaban J connectivity index is 2.45. The third kappa shape index (κ3) is 3.36. The molecule has 0 spiro atoms. The SMILES string of the molecule is COCc1cc(C(=O)OC)nc2c1CCCC2NC(=O)OC. The molecule has 7 nitrogen and oxygen atoms in total. The van der Waals surface area contributed by atoms with Crippen molar-refractivity contribution in [1.29, 1.82) is 0 Å². The van der Waals surface area contributed by atoms with E-state index in [4.69, 9.17) is 9.47 Å². The van der Waals surface area contributed by atoms with E-state index in [-0.39, 0.29) is 11.7 Å². The maximum Gasteiger partial charge on any atom is 0.407 e. The Morgan fingerprint density at radius 3 is 2.73 bits per heavy atom. The topological polar surface area (TPSA) is 86.8 Å². The summed E-state index contributed by atoms with van der Waals surface area (Å²) in [5.74, 6) is -0.512. The number of esters is 1. The Kier molecular flexibility index (Phi) is 5.32. The molecular formula is C15H20N2O5. The fraction of sp³-hybridized carbons (Fsp3) is 0.533. The standard InChI is InChI=1S/C15H20N2O5/c1-20-8-9-7-12(14(18)21-2)16-13-10(9)5-4-6-11(13)17-15(19)22-3/h7,11H,4-6,8H2,1-3H3,(H,17,19). The lowest BCUT2D eigenvalue weighted by atomic mass is 9.88. The predicted molar refractivity (Wildman–Crippen MR) is 77.5 cm³/mol. The van der Waals surface area contributed by atoms with Gasteiger partial charge in [-0.15, -0.1) is 0 Å². The minimum absolute atomic E-state index is 0.215. The highest BCUT2D eigenvalue weighted by Crippen LogP contribution is 2.31. The van der Waals surface area contributed by atoms with Gasteiger partial charge >= 0.3 is 12.1 Å². The number of ether oxygens (including phenoxy) is 3. The molecule has 1 aromatic heterocycles. The molecular weight excluding hydrogens is 288 g/mol. The first kappa shape index (κ1) is 16.2. The highest BCUT2D eigenvalue weighted by Gasteiger charge is 2.27. The lowest BCUT2D eigenvalue weighted by Gasteiger charge is -2.27. The van der Waals surface area contributed by atoms with E-state index in [1.807, 2.05) is 0 Å². The number of fused-ring (bicyclic) bond motifs is 1. The molecule has 0 fully saturated rings. The van der Waals surface area contributed by atoms with Gasteiger partial charge in [0.05, 0.1) is 32.6 Å². The largest absolute Gasteiger partial charge is 0.464 e. The molecule has 0 saturated heterocycles. The molecule has 1 aliphatic rings. The molecule has 1 N–H and O–H groups in total. The van der Waals surface area contributed by atoms with Gasteiger partial charge in [0, 0.05) is 7.11 Å². The quantitative estimate of drug-likeness (QED) is 0.853. The second kappa shape index (κ2) is 7.22. The highest BCUT2D eigenvalue weighted by molar-refractivity contribution is 5.87. The fourth-order valence-corrected chi connectivity index (χ4v) is 2.68. The van der Waals surface area contributed by atoms with Crippen molar-refractivity contribution in [3.8, 4) is 0 Å². The first-order valence-electron chi connectivity index (χ1n) is 7.05. The normalized spacial score (nSPS) is 16.6. The number of carbonyl (C=O) groups is 2. The summed E-state index contributed by atoms with van der Waals surface area (Å²) in [4.78, 5) is 27.7. The zero-order chi connectivity index (χ0) is 16.1. The number of aromatic nitrogens is 1. The maximum absolute atomic E-state index is 11.8. The van der Waals surface area contributed by atoms with Gasteiger partial charge in [-0.05, 0) is 36.5 Å². The number of nitrogens with one attached hydrogen (secondary N) is 1. The molecule has 1 unspecified atom stereocenters. The lowest BCUT2D eigenvalue weighted by Crippen LogP contribution is -2.32. The van der Waals surface area contributed by atoms with E-state index in [9.17, 15) is 9.59 Å². The van der Waals surface area contributed by atoms with Gasteiger partial charge < -0.3 is 19.5 Å². The predicted octanol–water partition coefficient (Wildman–Crippen LogP) is 1.75. The molecule has 7 heteroatoms. The molecule has 1 aromatic rings. The van der Waals surface area contributed by atoms with E-state index in [1.165, 1.54) is 14.2 Å². The van der Waals surface area contributed by atoms with Crippen molar-refractivity contribution in [2.75, 3.05) is 21.3 Å². The number of methoxy groups -OCH3 is 3. The zero-order valence-corrected chi connectivity index (χ0v) is 13.0. The molecule has 0 aliphatic heterocycles. The second-order valence-electron chi connectivity index (χ2n) is 5.04. The van der Waals surface area contributed by atoms with Gasteiger partial charge in [0.2, 0.25) is 0 Å². The third-order valence-corrected chi connectivity index (χ3v) is 3.67. The summed E-state index contributed by atoms with van der Waals surface area (Å²) in [5, 5.41) is 2.76. The summed E-state index contributed by atoms with van der Waals surface area (Å²) in [6.07, 6.45) is 1.97. The molecule has 120 valence electrons. The monoisotopic (exact) mass is 308 g/mol. The molecule has 1 heterocycles. The van der Waals surface area contributed by atoms with Crippen LogP contribution in [0, 0.1) is 0 Å². The fourth-order valence-electron chi connectivity index (χ4n) is 2.68. The number of alkyl carbamates (subject to hydrolysis) is 1. The third-order valence-electron chi connectivity index (χ3n) is 3.67. The van der Waals surface area contributed by atoms with E-state index in [0.29, 0.717) is 12.3 Å². The first-order chi connectivity index (χ1) is 10.6. The van der Waals surface area contributed by atoms with E-state index >= 15 is 0 Å². The average Bonchev–Trinajstić information content (AvgIpc) is 2.54. The summed E-state index contributed by atoms with van der Waals surface area (Å²) in [5.41, 5.74) is 2.81. The molecule has 0 bridgehead atoms. The number of amides is 1. The zero-order valence-electron chi connectivity index (χ0n) is 13.0. The summed E-state index contributed by atoms with van der Waals surface area (Å²) in [7, 11) is 4.22. The molecule has 1 amide bonds. The minimum Gasteiger partial charge on any atom is -0.464 e. The molecule has 2 rings (SSSR count). The van der Waals surface area contributed by atoms with Crippen LogP contribution in [0.25, 0.3) is 0 Å². The Hall–Kier alpha value is -2.15. The van der Waals surface area contributed by atoms with Crippen molar-refractivity contribution in [2.45, 2.75) is 31.9 Å². The Morgan fingerprint density at radius 2 is 2.09 bits per heavy atom. The van der Waals surface area contributed by atoms with Crippen LogP contribution in [0.15, 0.2) is 6.07 Å². The van der Waals surface area contributed by atoms with Gasteiger partial charge in [0.1, 0.15) is 5.69 Å². The van der Waals surface area contributed by atoms with Crippen LogP contribution in [-0.4, -0.2) is 38.4 Å². The molecule has 1 atom stereocenters. The van der Waals surface area contributed by atoms with Crippen LogP contribution in [0.4, 0.5) is 4.79 Å². The van der Waals surface area contributed by atoms with Crippen molar-refractivity contribution in [3.05, 3.63) is 28.6 Å². The molecule has 0 aromatic carbocycles. The number of hydrogen-bond donors (Lipinski definition) is 1. The minimum atomic E-state index is -0.517. The van der Waals surface area contributed by atoms with Gasteiger partial charge in [-0.25, -0.2) is 14.6 Å². The van der Waals surface area contributed by atoms with Crippen molar-refractivity contribution >= 4 is 12.1 Å². The van der Waals surface area contributed by atoms with Gasteiger partial charge in [0.15, 0.2) is 0 Å². The average molecular weight is 308 g/mol. The van der Waals surface area contributed by atoms with Crippen LogP contribution in [0.1, 0.15) is 46.2 Å². The second-order valence-corrected chi connectivity index (χ2v) is 5.04. The van der Waals surface area contributed by atoms with Gasteiger partial charge in [-0.1, -0.05) is 0 Å². The highest BCUT2D eigenvalue weighted by atomic mass is 16.5. The summed E-state index contributed by atoms with van der Waals surface area (Å²) < 4.78 is 14.6. The van der Waals surface area contributed by atoms with Crippen LogP contribution >= 0.6 is 0 Å². The van der Waals surface area contributed by atoms with Crippen LogP contribution in [-0.2, 0) is 27.2 Å². The first-order valence-corrected chi connectivity index (χ1v) is 7.05. The summed E-state index contributed by atoms with van der Waals surface area (Å²) in [6.45, 7) is 0.375.